The van der Waals surface area contributed by atoms with E-state index in [4.69, 9.17) is 0 Å². The molecule has 0 N–H and O–H groups in total. The van der Waals surface area contributed by atoms with E-state index >= 15 is 0 Å². The van der Waals surface area contributed by atoms with E-state index in [2.05, 4.69) is 4.98 Å². The maximum absolute atomic E-state index is 13.2. The summed E-state index contributed by atoms with van der Waals surface area (Å²) in [7, 11) is 0. The highest BCUT2D eigenvalue weighted by Gasteiger charge is 2.39. The molecular formula is C9H8F3N. The van der Waals surface area contributed by atoms with Crippen LogP contribution in [0.5, 0.6) is 0 Å². The molecule has 0 fully saturated rings. The van der Waals surface area contributed by atoms with Crippen molar-refractivity contribution >= 4 is 0 Å². The Labute approximate surface area is 73.6 Å². The van der Waals surface area contributed by atoms with Crippen LogP contribution in [0.25, 0.3) is 0 Å². The van der Waals surface area contributed by atoms with Crippen molar-refractivity contribution in [2.75, 3.05) is 0 Å². The van der Waals surface area contributed by atoms with E-state index in [1.807, 2.05) is 0 Å². The Kier molecular flexibility index (Phi) is 1.78. The summed E-state index contributed by atoms with van der Waals surface area (Å²) in [5.41, 5.74) is -0.106. The lowest BCUT2D eigenvalue weighted by molar-refractivity contribution is -0.0259. The topological polar surface area (TPSA) is 12.9 Å². The minimum absolute atomic E-state index is 0.275. The standard InChI is InChI=1S/C9H8F3N/c10-8-7-6(3-5-13-8)2-1-4-9(7,11)12/h3,5H,1-2,4H2. The number of halogens is 3. The SMILES string of the molecule is Fc1nccc2c1C(F)(F)CCC2. The summed E-state index contributed by atoms with van der Waals surface area (Å²) in [6.45, 7) is 0. The molecule has 1 aromatic rings. The average Bonchev–Trinajstić information content (AvgIpc) is 2.02. The Morgan fingerprint density at radius 2 is 2.15 bits per heavy atom. The second-order valence-electron chi connectivity index (χ2n) is 3.19. The summed E-state index contributed by atoms with van der Waals surface area (Å²) in [5.74, 6) is -4.06. The molecule has 0 unspecified atom stereocenters. The van der Waals surface area contributed by atoms with Gasteiger partial charge >= 0.3 is 0 Å². The Hall–Kier alpha value is -1.06. The van der Waals surface area contributed by atoms with E-state index in [0.717, 1.165) is 0 Å². The third-order valence-corrected chi connectivity index (χ3v) is 2.29. The molecule has 1 aromatic heterocycles. The molecule has 0 aromatic carbocycles. The van der Waals surface area contributed by atoms with Gasteiger partial charge in [0.15, 0.2) is 0 Å². The van der Waals surface area contributed by atoms with Gasteiger partial charge in [-0.3, -0.25) is 0 Å². The van der Waals surface area contributed by atoms with Crippen LogP contribution < -0.4 is 0 Å². The van der Waals surface area contributed by atoms with Gasteiger partial charge in [-0.2, -0.15) is 4.39 Å². The predicted molar refractivity (Wildman–Crippen MR) is 41.0 cm³/mol. The lowest BCUT2D eigenvalue weighted by Crippen LogP contribution is -2.23. The van der Waals surface area contributed by atoms with E-state index in [1.54, 1.807) is 0 Å². The first-order valence-electron chi connectivity index (χ1n) is 4.13. The van der Waals surface area contributed by atoms with E-state index < -0.39 is 17.4 Å². The summed E-state index contributed by atoms with van der Waals surface area (Å²) < 4.78 is 39.3. The van der Waals surface area contributed by atoms with Crippen molar-refractivity contribution in [3.8, 4) is 0 Å². The van der Waals surface area contributed by atoms with Crippen molar-refractivity contribution in [2.45, 2.75) is 25.2 Å². The van der Waals surface area contributed by atoms with E-state index in [-0.39, 0.29) is 6.42 Å². The number of rotatable bonds is 0. The predicted octanol–water partition coefficient (Wildman–Crippen LogP) is 2.65. The summed E-state index contributed by atoms with van der Waals surface area (Å²) in [4.78, 5) is 3.24. The minimum atomic E-state index is -3.04. The van der Waals surface area contributed by atoms with Gasteiger partial charge in [-0.1, -0.05) is 0 Å². The van der Waals surface area contributed by atoms with Crippen LogP contribution >= 0.6 is 0 Å². The van der Waals surface area contributed by atoms with Gasteiger partial charge in [0.05, 0.1) is 5.56 Å². The lowest BCUT2D eigenvalue weighted by Gasteiger charge is -2.24. The fraction of sp³-hybridized carbons (Fsp3) is 0.444. The molecule has 1 heterocycles. The second-order valence-corrected chi connectivity index (χ2v) is 3.19. The van der Waals surface area contributed by atoms with E-state index in [9.17, 15) is 13.2 Å². The maximum Gasteiger partial charge on any atom is 0.277 e. The molecule has 0 spiro atoms. The normalized spacial score (nSPS) is 19.6. The summed E-state index contributed by atoms with van der Waals surface area (Å²) in [6.07, 6.45) is 1.88. The molecule has 2 rings (SSSR count). The highest BCUT2D eigenvalue weighted by atomic mass is 19.3. The Morgan fingerprint density at radius 3 is 2.85 bits per heavy atom. The molecule has 0 saturated heterocycles. The van der Waals surface area contributed by atoms with Gasteiger partial charge in [-0.05, 0) is 24.5 Å². The first-order chi connectivity index (χ1) is 6.11. The zero-order chi connectivity index (χ0) is 9.47. The van der Waals surface area contributed by atoms with Gasteiger partial charge in [-0.15, -0.1) is 0 Å². The number of aromatic nitrogens is 1. The zero-order valence-corrected chi connectivity index (χ0v) is 6.86. The van der Waals surface area contributed by atoms with Gasteiger partial charge in [0.2, 0.25) is 5.95 Å². The van der Waals surface area contributed by atoms with Crippen LogP contribution in [0.4, 0.5) is 13.2 Å². The summed E-state index contributed by atoms with van der Waals surface area (Å²) in [5, 5.41) is 0. The molecule has 0 bridgehead atoms. The van der Waals surface area contributed by atoms with Crippen LogP contribution in [0.1, 0.15) is 24.0 Å². The number of hydrogen-bond acceptors (Lipinski definition) is 1. The van der Waals surface area contributed by atoms with Crippen LogP contribution in [0.3, 0.4) is 0 Å². The molecule has 1 aliphatic carbocycles. The van der Waals surface area contributed by atoms with Crippen LogP contribution in [-0.2, 0) is 12.3 Å². The Morgan fingerprint density at radius 1 is 1.38 bits per heavy atom. The molecule has 0 radical (unpaired) electrons. The summed E-state index contributed by atoms with van der Waals surface area (Å²) >= 11 is 0. The number of hydrogen-bond donors (Lipinski definition) is 0. The van der Waals surface area contributed by atoms with Crippen molar-refractivity contribution in [3.05, 3.63) is 29.3 Å². The zero-order valence-electron chi connectivity index (χ0n) is 6.86. The highest BCUT2D eigenvalue weighted by molar-refractivity contribution is 5.31. The number of fused-ring (bicyclic) bond motifs is 1. The van der Waals surface area contributed by atoms with Gasteiger partial charge in [0.1, 0.15) is 0 Å². The third-order valence-electron chi connectivity index (χ3n) is 2.29. The van der Waals surface area contributed by atoms with Gasteiger partial charge in [-0.25, -0.2) is 13.8 Å². The number of pyridine rings is 1. The first kappa shape index (κ1) is 8.53. The van der Waals surface area contributed by atoms with Crippen molar-refractivity contribution < 1.29 is 13.2 Å². The smallest absolute Gasteiger partial charge is 0.228 e. The third kappa shape index (κ3) is 1.30. The van der Waals surface area contributed by atoms with Crippen LogP contribution in [-0.4, -0.2) is 4.98 Å². The van der Waals surface area contributed by atoms with E-state index in [0.29, 0.717) is 18.4 Å². The number of nitrogens with zero attached hydrogens (tertiary/aromatic N) is 1. The molecule has 13 heavy (non-hydrogen) atoms. The first-order valence-corrected chi connectivity index (χ1v) is 4.13. The number of alkyl halides is 2. The van der Waals surface area contributed by atoms with Crippen LogP contribution in [0.15, 0.2) is 12.3 Å². The molecule has 70 valence electrons. The fourth-order valence-electron chi connectivity index (χ4n) is 1.69. The Balaban J connectivity index is 2.61. The van der Waals surface area contributed by atoms with Crippen molar-refractivity contribution in [3.63, 3.8) is 0 Å². The molecule has 4 heteroatoms. The molecule has 1 nitrogen and oxygen atoms in total. The summed E-state index contributed by atoms with van der Waals surface area (Å²) in [6, 6.07) is 1.46. The molecule has 0 saturated carbocycles. The molecule has 0 amide bonds. The average molecular weight is 187 g/mol. The van der Waals surface area contributed by atoms with Gasteiger partial charge in [0.25, 0.3) is 5.92 Å². The molecule has 0 atom stereocenters. The highest BCUT2D eigenvalue weighted by Crippen LogP contribution is 2.40. The molecule has 1 aliphatic rings. The fourth-order valence-corrected chi connectivity index (χ4v) is 1.69. The van der Waals surface area contributed by atoms with Crippen LogP contribution in [0.2, 0.25) is 0 Å². The quantitative estimate of drug-likeness (QED) is 0.569. The van der Waals surface area contributed by atoms with Gasteiger partial charge < -0.3 is 0 Å². The molecule has 0 aliphatic heterocycles. The second kappa shape index (κ2) is 2.72. The monoisotopic (exact) mass is 187 g/mol. The number of aryl methyl sites for hydroxylation is 1. The minimum Gasteiger partial charge on any atom is -0.228 e. The van der Waals surface area contributed by atoms with E-state index in [1.165, 1.54) is 12.3 Å². The van der Waals surface area contributed by atoms with Crippen LogP contribution in [0, 0.1) is 5.95 Å². The maximum atomic E-state index is 13.2. The lowest BCUT2D eigenvalue weighted by atomic mass is 9.90. The van der Waals surface area contributed by atoms with Gasteiger partial charge in [0, 0.05) is 12.6 Å². The Bertz CT molecular complexity index is 336. The van der Waals surface area contributed by atoms with Crippen molar-refractivity contribution in [1.82, 2.24) is 4.98 Å². The van der Waals surface area contributed by atoms with Crippen molar-refractivity contribution in [2.24, 2.45) is 0 Å². The van der Waals surface area contributed by atoms with Crippen molar-refractivity contribution in [1.29, 1.82) is 0 Å². The molecular weight excluding hydrogens is 179 g/mol. The largest absolute Gasteiger partial charge is 0.277 e.